The van der Waals surface area contributed by atoms with Crippen LogP contribution in [0.2, 0.25) is 10.0 Å². The van der Waals surface area contributed by atoms with Gasteiger partial charge in [-0.1, -0.05) is 47.5 Å². The van der Waals surface area contributed by atoms with E-state index in [1.807, 2.05) is 6.07 Å². The van der Waals surface area contributed by atoms with Crippen LogP contribution < -0.4 is 9.05 Å². The minimum atomic E-state index is -4.07. The van der Waals surface area contributed by atoms with Crippen molar-refractivity contribution >= 4 is 31.0 Å². The summed E-state index contributed by atoms with van der Waals surface area (Å²) in [6.45, 7) is -0.122. The number of nitrogens with zero attached hydrogens (tertiary/aromatic N) is 1. The van der Waals surface area contributed by atoms with Gasteiger partial charge in [0.15, 0.2) is 11.5 Å². The van der Waals surface area contributed by atoms with Crippen LogP contribution in [0, 0.1) is 11.3 Å². The van der Waals surface area contributed by atoms with Crippen LogP contribution in [0.3, 0.4) is 0 Å². The first-order chi connectivity index (χ1) is 11.0. The summed E-state index contributed by atoms with van der Waals surface area (Å²) in [4.78, 5) is 0. The maximum Gasteiger partial charge on any atom is 0.587 e. The molecule has 5 nitrogen and oxygen atoms in total. The number of rotatable bonds is 7. The van der Waals surface area contributed by atoms with Crippen molar-refractivity contribution in [3.63, 3.8) is 0 Å². The summed E-state index contributed by atoms with van der Waals surface area (Å²) in [6.07, 6.45) is 0.0295. The standard InChI is InChI=1S/C15H12Cl2NO4P/c16-12-6-1-3-8-14(12)21-23(19,20-11-5-10-18)22-15-9-4-2-7-13(15)17/h1-4,6-9H,5,11H2. The Kier molecular flexibility index (Phi) is 6.32. The highest BCUT2D eigenvalue weighted by molar-refractivity contribution is 7.49. The monoisotopic (exact) mass is 371 g/mol. The van der Waals surface area contributed by atoms with Crippen LogP contribution in [0.5, 0.6) is 11.5 Å². The molecule has 0 N–H and O–H groups in total. The van der Waals surface area contributed by atoms with Crippen LogP contribution in [-0.2, 0) is 9.09 Å². The summed E-state index contributed by atoms with van der Waals surface area (Å²) in [6, 6.07) is 14.8. The lowest BCUT2D eigenvalue weighted by molar-refractivity contribution is 0.214. The van der Waals surface area contributed by atoms with Crippen molar-refractivity contribution in [2.45, 2.75) is 6.42 Å². The zero-order valence-electron chi connectivity index (χ0n) is 11.8. The van der Waals surface area contributed by atoms with Crippen LogP contribution >= 0.6 is 31.0 Å². The second-order valence-electron chi connectivity index (χ2n) is 4.23. The van der Waals surface area contributed by atoms with Gasteiger partial charge in [0.1, 0.15) is 0 Å². The molecule has 0 atom stereocenters. The molecule has 0 saturated carbocycles. The molecule has 0 radical (unpaired) electrons. The van der Waals surface area contributed by atoms with Gasteiger partial charge in [0, 0.05) is 0 Å². The van der Waals surface area contributed by atoms with Crippen molar-refractivity contribution in [1.82, 2.24) is 0 Å². The molecule has 0 amide bonds. The molecule has 0 fully saturated rings. The molecule has 0 unspecified atom stereocenters. The number of hydrogen-bond acceptors (Lipinski definition) is 5. The van der Waals surface area contributed by atoms with Crippen molar-refractivity contribution in [2.24, 2.45) is 0 Å². The third-order valence-corrected chi connectivity index (χ3v) is 4.52. The van der Waals surface area contributed by atoms with Gasteiger partial charge in [-0.15, -0.1) is 0 Å². The molecule has 0 saturated heterocycles. The quantitative estimate of drug-likeness (QED) is 0.475. The van der Waals surface area contributed by atoms with E-state index in [4.69, 9.17) is 42.0 Å². The van der Waals surface area contributed by atoms with Crippen LogP contribution in [0.15, 0.2) is 48.5 Å². The number of halogens is 2. The molecule has 0 aromatic heterocycles. The van der Waals surface area contributed by atoms with Gasteiger partial charge in [-0.3, -0.25) is 4.52 Å². The number of hydrogen-bond donors (Lipinski definition) is 0. The van der Waals surface area contributed by atoms with Gasteiger partial charge in [0.2, 0.25) is 0 Å². The second kappa shape index (κ2) is 8.24. The highest BCUT2D eigenvalue weighted by Gasteiger charge is 2.32. The van der Waals surface area contributed by atoms with Crippen LogP contribution in [0.25, 0.3) is 0 Å². The Bertz CT molecular complexity index is 712. The zero-order valence-corrected chi connectivity index (χ0v) is 14.2. The van der Waals surface area contributed by atoms with Gasteiger partial charge in [0.25, 0.3) is 0 Å². The van der Waals surface area contributed by atoms with E-state index in [2.05, 4.69) is 0 Å². The lowest BCUT2D eigenvalue weighted by Gasteiger charge is -2.19. The first-order valence-corrected chi connectivity index (χ1v) is 8.75. The van der Waals surface area contributed by atoms with E-state index >= 15 is 0 Å². The Hall–Kier alpha value is -1.70. The maximum atomic E-state index is 12.8. The fourth-order valence-corrected chi connectivity index (χ4v) is 3.27. The van der Waals surface area contributed by atoms with Gasteiger partial charge in [0.05, 0.1) is 29.1 Å². The first kappa shape index (κ1) is 17.7. The van der Waals surface area contributed by atoms with Gasteiger partial charge >= 0.3 is 7.82 Å². The molecule has 2 aromatic rings. The van der Waals surface area contributed by atoms with Crippen LogP contribution in [0.1, 0.15) is 6.42 Å². The van der Waals surface area contributed by atoms with Crippen LogP contribution in [0.4, 0.5) is 0 Å². The third kappa shape index (κ3) is 5.16. The molecule has 2 aromatic carbocycles. The van der Waals surface area contributed by atoms with Crippen LogP contribution in [-0.4, -0.2) is 6.61 Å². The maximum absolute atomic E-state index is 12.8. The Morgan fingerprint density at radius 2 is 1.43 bits per heavy atom. The fourth-order valence-electron chi connectivity index (χ4n) is 1.55. The van der Waals surface area contributed by atoms with Crippen molar-refractivity contribution in [1.29, 1.82) is 5.26 Å². The van der Waals surface area contributed by atoms with E-state index in [0.29, 0.717) is 0 Å². The van der Waals surface area contributed by atoms with Gasteiger partial charge in [-0.05, 0) is 24.3 Å². The lowest BCUT2D eigenvalue weighted by atomic mass is 10.3. The minimum absolute atomic E-state index is 0.0295. The Morgan fingerprint density at radius 1 is 0.957 bits per heavy atom. The molecule has 0 aliphatic heterocycles. The van der Waals surface area contributed by atoms with Crippen molar-refractivity contribution < 1.29 is 18.1 Å². The lowest BCUT2D eigenvalue weighted by Crippen LogP contribution is -2.06. The predicted octanol–water partition coefficient (Wildman–Crippen LogP) is 5.49. The molecule has 2 rings (SSSR count). The summed E-state index contributed by atoms with van der Waals surface area (Å²) in [5.74, 6) is 0.281. The van der Waals surface area contributed by atoms with Crippen molar-refractivity contribution in [3.05, 3.63) is 58.6 Å². The molecular formula is C15H12Cl2NO4P. The molecule has 120 valence electrons. The number of phosphoric ester groups is 1. The summed E-state index contributed by atoms with van der Waals surface area (Å²) < 4.78 is 28.7. The Morgan fingerprint density at radius 3 is 1.87 bits per heavy atom. The normalized spacial score (nSPS) is 10.8. The molecule has 8 heteroatoms. The highest BCUT2D eigenvalue weighted by atomic mass is 35.5. The second-order valence-corrected chi connectivity index (χ2v) is 6.56. The third-order valence-electron chi connectivity index (χ3n) is 2.56. The fraction of sp³-hybridized carbons (Fsp3) is 0.133. The van der Waals surface area contributed by atoms with Gasteiger partial charge < -0.3 is 9.05 Å². The average Bonchev–Trinajstić information content (AvgIpc) is 2.52. The largest absolute Gasteiger partial charge is 0.587 e. The van der Waals surface area contributed by atoms with Crippen molar-refractivity contribution in [3.8, 4) is 17.6 Å². The number of phosphoric acid groups is 1. The van der Waals surface area contributed by atoms with Gasteiger partial charge in [-0.25, -0.2) is 4.57 Å². The number of para-hydroxylation sites is 2. The molecule has 0 aliphatic carbocycles. The van der Waals surface area contributed by atoms with E-state index in [1.54, 1.807) is 36.4 Å². The molecule has 0 bridgehead atoms. The smallest absolute Gasteiger partial charge is 0.393 e. The summed E-state index contributed by atoms with van der Waals surface area (Å²) in [7, 11) is -4.07. The Labute approximate surface area is 143 Å². The van der Waals surface area contributed by atoms with E-state index in [9.17, 15) is 4.57 Å². The number of nitriles is 1. The molecular weight excluding hydrogens is 360 g/mol. The molecule has 23 heavy (non-hydrogen) atoms. The Balaban J connectivity index is 2.25. The zero-order chi connectivity index (χ0) is 16.7. The minimum Gasteiger partial charge on any atom is -0.393 e. The van der Waals surface area contributed by atoms with E-state index in [1.165, 1.54) is 12.1 Å². The highest BCUT2D eigenvalue weighted by Crippen LogP contribution is 2.52. The summed E-state index contributed by atoms with van der Waals surface area (Å²) in [5, 5.41) is 9.09. The predicted molar refractivity (Wildman–Crippen MR) is 87.9 cm³/mol. The topological polar surface area (TPSA) is 68.5 Å². The van der Waals surface area contributed by atoms with E-state index in [0.717, 1.165) is 0 Å². The molecule has 0 heterocycles. The molecule has 0 aliphatic rings. The van der Waals surface area contributed by atoms with Gasteiger partial charge in [-0.2, -0.15) is 5.26 Å². The SMILES string of the molecule is N#CCCOP(=O)(Oc1ccccc1Cl)Oc1ccccc1Cl. The average molecular weight is 372 g/mol. The summed E-state index contributed by atoms with van der Waals surface area (Å²) in [5.41, 5.74) is 0. The number of benzene rings is 2. The first-order valence-electron chi connectivity index (χ1n) is 6.54. The molecule has 0 spiro atoms. The van der Waals surface area contributed by atoms with E-state index < -0.39 is 7.82 Å². The van der Waals surface area contributed by atoms with E-state index in [-0.39, 0.29) is 34.6 Å². The summed E-state index contributed by atoms with van der Waals surface area (Å²) >= 11 is 12.0. The van der Waals surface area contributed by atoms with Crippen molar-refractivity contribution in [2.75, 3.05) is 6.61 Å².